The highest BCUT2D eigenvalue weighted by molar-refractivity contribution is 7.18. The lowest BCUT2D eigenvalue weighted by Crippen LogP contribution is -2.43. The summed E-state index contributed by atoms with van der Waals surface area (Å²) in [4.78, 5) is 20.8. The van der Waals surface area contributed by atoms with Gasteiger partial charge >= 0.3 is 0 Å². The number of aryl methyl sites for hydroxylation is 3. The van der Waals surface area contributed by atoms with Gasteiger partial charge < -0.3 is 9.15 Å². The molecule has 3 aliphatic rings. The molecule has 0 aliphatic heterocycles. The summed E-state index contributed by atoms with van der Waals surface area (Å²) in [6.07, 6.45) is 9.85. The van der Waals surface area contributed by atoms with E-state index in [9.17, 15) is 4.79 Å². The van der Waals surface area contributed by atoms with Crippen LogP contribution in [0.4, 0.5) is 0 Å². The lowest BCUT2D eigenvalue weighted by atomic mass is 9.55. The Morgan fingerprint density at radius 1 is 1.29 bits per heavy atom. The number of fused-ring (bicyclic) bond motifs is 9. The minimum Gasteiger partial charge on any atom is -0.497 e. The molecule has 35 heavy (non-hydrogen) atoms. The molecule has 180 valence electrons. The second kappa shape index (κ2) is 7.82. The van der Waals surface area contributed by atoms with Gasteiger partial charge in [-0.1, -0.05) is 13.0 Å². The Balaban J connectivity index is 1.25. The normalized spacial score (nSPS) is 26.7. The SMILES string of the molecule is COc1ccc2c(c1)CC[C@@H]1[C@@H]2CC[C@@]2(C)c3c(sc4ncn(CCc5ccco5)c(=O)c34)C[C@H]12. The van der Waals surface area contributed by atoms with Gasteiger partial charge in [-0.25, -0.2) is 4.98 Å². The fraction of sp³-hybridized carbons (Fsp3) is 0.448. The number of nitrogens with zero attached hydrogens (tertiary/aromatic N) is 2. The van der Waals surface area contributed by atoms with Crippen LogP contribution in [0.3, 0.4) is 0 Å². The van der Waals surface area contributed by atoms with Gasteiger partial charge in [-0.3, -0.25) is 9.36 Å². The summed E-state index contributed by atoms with van der Waals surface area (Å²) >= 11 is 1.76. The topological polar surface area (TPSA) is 57.3 Å². The molecule has 0 spiro atoms. The number of rotatable bonds is 4. The van der Waals surface area contributed by atoms with Crippen molar-refractivity contribution in [3.05, 3.63) is 80.6 Å². The van der Waals surface area contributed by atoms with Crippen LogP contribution in [0.25, 0.3) is 10.2 Å². The molecule has 1 saturated carbocycles. The first-order valence-electron chi connectivity index (χ1n) is 12.8. The van der Waals surface area contributed by atoms with E-state index in [1.807, 2.05) is 12.1 Å². The quantitative estimate of drug-likeness (QED) is 0.362. The van der Waals surface area contributed by atoms with Crippen LogP contribution in [0, 0.1) is 11.8 Å². The molecule has 1 aromatic carbocycles. The maximum atomic E-state index is 13.7. The molecule has 1 fully saturated rings. The summed E-state index contributed by atoms with van der Waals surface area (Å²) in [6, 6.07) is 10.5. The van der Waals surface area contributed by atoms with Gasteiger partial charge in [-0.05, 0) is 96.2 Å². The average Bonchev–Trinajstić information content (AvgIpc) is 3.58. The summed E-state index contributed by atoms with van der Waals surface area (Å²) in [5.41, 5.74) is 4.50. The molecular formula is C29H30N2O3S. The van der Waals surface area contributed by atoms with Gasteiger partial charge in [-0.15, -0.1) is 11.3 Å². The van der Waals surface area contributed by atoms with Crippen molar-refractivity contribution in [2.45, 2.75) is 63.3 Å². The van der Waals surface area contributed by atoms with Crippen molar-refractivity contribution in [1.82, 2.24) is 9.55 Å². The molecule has 0 N–H and O–H groups in total. The van der Waals surface area contributed by atoms with E-state index in [1.54, 1.807) is 35.6 Å². The van der Waals surface area contributed by atoms with Crippen LogP contribution in [0.1, 0.15) is 59.4 Å². The Morgan fingerprint density at radius 3 is 3.03 bits per heavy atom. The molecule has 3 aromatic heterocycles. The molecule has 0 saturated heterocycles. The first-order valence-corrected chi connectivity index (χ1v) is 13.6. The zero-order valence-electron chi connectivity index (χ0n) is 20.3. The van der Waals surface area contributed by atoms with E-state index in [1.165, 1.54) is 34.4 Å². The monoisotopic (exact) mass is 486 g/mol. The van der Waals surface area contributed by atoms with Gasteiger partial charge in [0.2, 0.25) is 0 Å². The fourth-order valence-electron chi connectivity index (χ4n) is 7.56. The van der Waals surface area contributed by atoms with Crippen LogP contribution in [0.5, 0.6) is 5.75 Å². The molecule has 7 rings (SSSR count). The van der Waals surface area contributed by atoms with Gasteiger partial charge in [0.15, 0.2) is 0 Å². The highest BCUT2D eigenvalue weighted by Crippen LogP contribution is 2.62. The zero-order chi connectivity index (χ0) is 23.7. The summed E-state index contributed by atoms with van der Waals surface area (Å²) in [5, 5.41) is 0.886. The number of benzene rings is 1. The van der Waals surface area contributed by atoms with E-state index in [0.29, 0.717) is 30.7 Å². The number of thiophene rings is 1. The maximum Gasteiger partial charge on any atom is 0.262 e. The molecule has 3 aliphatic carbocycles. The minimum absolute atomic E-state index is 0.0553. The lowest BCUT2D eigenvalue weighted by molar-refractivity contribution is 0.106. The predicted molar refractivity (Wildman–Crippen MR) is 138 cm³/mol. The number of methoxy groups -OCH3 is 1. The predicted octanol–water partition coefficient (Wildman–Crippen LogP) is 5.87. The maximum absolute atomic E-state index is 13.7. The van der Waals surface area contributed by atoms with E-state index in [4.69, 9.17) is 14.1 Å². The molecule has 0 amide bonds. The number of hydrogen-bond acceptors (Lipinski definition) is 5. The van der Waals surface area contributed by atoms with Crippen LogP contribution in [0.15, 0.2) is 52.1 Å². The summed E-state index contributed by atoms with van der Waals surface area (Å²) in [6.45, 7) is 3.03. The van der Waals surface area contributed by atoms with E-state index >= 15 is 0 Å². The van der Waals surface area contributed by atoms with Crippen molar-refractivity contribution in [2.24, 2.45) is 11.8 Å². The van der Waals surface area contributed by atoms with Crippen LogP contribution in [0.2, 0.25) is 0 Å². The summed E-state index contributed by atoms with van der Waals surface area (Å²) < 4.78 is 12.8. The van der Waals surface area contributed by atoms with Gasteiger partial charge in [0, 0.05) is 17.8 Å². The standard InChI is InChI=1S/C29H30N2O3S/c1-29-11-9-21-20-8-6-19(33-2)14-17(20)5-7-22(21)23(29)15-24-26(29)25-27(35-24)30-16-31(28(25)32)12-10-18-4-3-13-34-18/h3-4,6,8,13-14,16,21-23H,5,7,9-12,15H2,1-2H3/t21-,22-,23-,29-/m1/s1. The Labute approximate surface area is 208 Å². The third kappa shape index (κ3) is 3.11. The van der Waals surface area contributed by atoms with Crippen molar-refractivity contribution in [3.63, 3.8) is 0 Å². The second-order valence-electron chi connectivity index (χ2n) is 10.8. The molecule has 5 nitrogen and oxygen atoms in total. The molecule has 0 radical (unpaired) electrons. The van der Waals surface area contributed by atoms with Gasteiger partial charge in [0.1, 0.15) is 16.3 Å². The zero-order valence-corrected chi connectivity index (χ0v) is 21.1. The Morgan fingerprint density at radius 2 is 2.20 bits per heavy atom. The smallest absolute Gasteiger partial charge is 0.262 e. The molecule has 4 aromatic rings. The Hall–Kier alpha value is -2.86. The Kier molecular flexibility index (Phi) is 4.79. The van der Waals surface area contributed by atoms with Gasteiger partial charge in [-0.2, -0.15) is 0 Å². The number of hydrogen-bond donors (Lipinski definition) is 0. The summed E-state index contributed by atoms with van der Waals surface area (Å²) in [7, 11) is 1.75. The fourth-order valence-corrected chi connectivity index (χ4v) is 8.88. The first-order chi connectivity index (χ1) is 17.1. The van der Waals surface area contributed by atoms with Crippen molar-refractivity contribution < 1.29 is 9.15 Å². The molecule has 6 heteroatoms. The van der Waals surface area contributed by atoms with Crippen LogP contribution < -0.4 is 10.3 Å². The molecule has 4 atom stereocenters. The molecular weight excluding hydrogens is 456 g/mol. The van der Waals surface area contributed by atoms with E-state index in [2.05, 4.69) is 25.1 Å². The van der Waals surface area contributed by atoms with E-state index in [-0.39, 0.29) is 11.0 Å². The third-order valence-electron chi connectivity index (χ3n) is 9.23. The van der Waals surface area contributed by atoms with Gasteiger partial charge in [0.25, 0.3) is 5.56 Å². The van der Waals surface area contributed by atoms with Crippen molar-refractivity contribution in [1.29, 1.82) is 0 Å². The third-order valence-corrected chi connectivity index (χ3v) is 10.4. The van der Waals surface area contributed by atoms with Crippen molar-refractivity contribution in [2.75, 3.05) is 7.11 Å². The van der Waals surface area contributed by atoms with Crippen LogP contribution in [-0.2, 0) is 31.2 Å². The number of furan rings is 1. The lowest BCUT2D eigenvalue weighted by Gasteiger charge is -2.49. The average molecular weight is 487 g/mol. The van der Waals surface area contributed by atoms with Crippen molar-refractivity contribution >= 4 is 21.6 Å². The van der Waals surface area contributed by atoms with Crippen molar-refractivity contribution in [3.8, 4) is 5.75 Å². The highest BCUT2D eigenvalue weighted by Gasteiger charge is 2.54. The summed E-state index contributed by atoms with van der Waals surface area (Å²) in [5.74, 6) is 3.74. The second-order valence-corrected chi connectivity index (χ2v) is 11.9. The molecule has 0 bridgehead atoms. The van der Waals surface area contributed by atoms with Crippen LogP contribution in [-0.4, -0.2) is 16.7 Å². The molecule has 0 unspecified atom stereocenters. The highest BCUT2D eigenvalue weighted by atomic mass is 32.1. The number of aromatic nitrogens is 2. The molecule has 3 heterocycles. The van der Waals surface area contributed by atoms with Gasteiger partial charge in [0.05, 0.1) is 25.1 Å². The number of ether oxygens (including phenoxy) is 1. The van der Waals surface area contributed by atoms with Crippen LogP contribution >= 0.6 is 11.3 Å². The largest absolute Gasteiger partial charge is 0.497 e. The Bertz CT molecular complexity index is 1480. The van der Waals surface area contributed by atoms with E-state index in [0.717, 1.165) is 41.0 Å². The minimum atomic E-state index is 0.0553. The first kappa shape index (κ1) is 21.4. The van der Waals surface area contributed by atoms with E-state index < -0.39 is 0 Å².